The summed E-state index contributed by atoms with van der Waals surface area (Å²) in [6.07, 6.45) is -12.3. The topological polar surface area (TPSA) is 456 Å². The Hall–Kier alpha value is -5.66. The van der Waals surface area contributed by atoms with E-state index in [2.05, 4.69) is 42.5 Å². The van der Waals surface area contributed by atoms with Crippen molar-refractivity contribution >= 4 is 59.1 Å². The van der Waals surface area contributed by atoms with E-state index in [4.69, 9.17) is 15.2 Å². The molecule has 0 spiro atoms. The zero-order valence-electron chi connectivity index (χ0n) is 40.8. The van der Waals surface area contributed by atoms with E-state index in [0.717, 1.165) is 20.8 Å². The van der Waals surface area contributed by atoms with Gasteiger partial charge in [-0.2, -0.15) is 0 Å². The van der Waals surface area contributed by atoms with E-state index in [0.29, 0.717) is 6.42 Å². The summed E-state index contributed by atoms with van der Waals surface area (Å²) in [4.78, 5) is 132. The van der Waals surface area contributed by atoms with Crippen molar-refractivity contribution in [3.05, 3.63) is 0 Å². The number of aliphatic hydroxyl groups is 7. The number of carbonyl (C=O) groups excluding carboxylic acids is 10. The predicted octanol–water partition coefficient (Wildman–Crippen LogP) is -8.96. The Morgan fingerprint density at radius 2 is 1.24 bits per heavy atom. The predicted molar refractivity (Wildman–Crippen MR) is 242 cm³/mol. The number of carbonyl (C=O) groups is 10. The van der Waals surface area contributed by atoms with Gasteiger partial charge in [0.1, 0.15) is 66.6 Å². The molecule has 2 fully saturated rings. The molecule has 0 unspecified atom stereocenters. The van der Waals surface area contributed by atoms with Crippen molar-refractivity contribution in [2.75, 3.05) is 26.3 Å². The Morgan fingerprint density at radius 3 is 1.75 bits per heavy atom. The van der Waals surface area contributed by atoms with Gasteiger partial charge in [-0.15, -0.1) is 0 Å². The summed E-state index contributed by atoms with van der Waals surface area (Å²) in [7, 11) is 0. The quantitative estimate of drug-likeness (QED) is 0.0383. The normalized spacial score (nSPS) is 24.6. The van der Waals surface area contributed by atoms with Crippen LogP contribution in [0.5, 0.6) is 0 Å². The molecule has 0 aromatic heterocycles. The molecular formula is C42H72N10O19. The van der Waals surface area contributed by atoms with Gasteiger partial charge in [0.15, 0.2) is 6.29 Å². The highest BCUT2D eigenvalue weighted by molar-refractivity contribution is 5.98. The van der Waals surface area contributed by atoms with Crippen molar-refractivity contribution in [1.82, 2.24) is 47.4 Å². The fourth-order valence-electron chi connectivity index (χ4n) is 7.58. The Bertz CT molecular complexity index is 1890. The molecule has 10 amide bonds. The Balaban J connectivity index is 2.40. The van der Waals surface area contributed by atoms with Gasteiger partial charge in [0.25, 0.3) is 0 Å². The third kappa shape index (κ3) is 17.6. The monoisotopic (exact) mass is 1020 g/mol. The molecular weight excluding hydrogens is 949 g/mol. The molecule has 0 aromatic rings. The molecule has 2 aliphatic rings. The van der Waals surface area contributed by atoms with E-state index in [1.807, 2.05) is 0 Å². The minimum absolute atomic E-state index is 0.235. The third-order valence-electron chi connectivity index (χ3n) is 11.9. The van der Waals surface area contributed by atoms with Crippen LogP contribution >= 0.6 is 0 Å². The molecule has 0 aromatic carbocycles. The number of aliphatic hydroxyl groups excluding tert-OH is 7. The molecule has 2 aliphatic heterocycles. The van der Waals surface area contributed by atoms with Crippen LogP contribution in [0.4, 0.5) is 0 Å². The first-order valence-electron chi connectivity index (χ1n) is 23.0. The fourth-order valence-corrected chi connectivity index (χ4v) is 7.58. The minimum atomic E-state index is -1.98. The Morgan fingerprint density at radius 1 is 0.704 bits per heavy atom. The molecule has 2 saturated heterocycles. The van der Waals surface area contributed by atoms with Crippen LogP contribution < -0.4 is 48.3 Å². The average molecular weight is 1020 g/mol. The fraction of sp³-hybridized carbons (Fsp3) is 0.762. The van der Waals surface area contributed by atoms with E-state index < -0.39 is 182 Å². The van der Waals surface area contributed by atoms with Crippen LogP contribution in [-0.2, 0) is 57.4 Å². The van der Waals surface area contributed by atoms with Gasteiger partial charge in [0, 0.05) is 20.4 Å². The maximum atomic E-state index is 14.2. The molecule has 0 radical (unpaired) electrons. The second-order valence-corrected chi connectivity index (χ2v) is 17.6. The minimum Gasteiger partial charge on any atom is -0.394 e. The number of ether oxygens (including phenoxy) is 2. The van der Waals surface area contributed by atoms with Crippen molar-refractivity contribution in [2.45, 2.75) is 172 Å². The lowest BCUT2D eigenvalue weighted by atomic mass is 9.96. The summed E-state index contributed by atoms with van der Waals surface area (Å²) in [6, 6.07) is -12.9. The van der Waals surface area contributed by atoms with Crippen LogP contribution in [-0.4, -0.2) is 223 Å². The highest BCUT2D eigenvalue weighted by atomic mass is 16.7. The number of primary amides is 1. The highest BCUT2D eigenvalue weighted by Crippen LogP contribution is 2.24. The first-order chi connectivity index (χ1) is 33.1. The smallest absolute Gasteiger partial charge is 0.246 e. The standard InChI is InChI=1S/C42H72N10O19/c1-9-16(2)27(39(67)46-23(14-53)36(64)48-28(17(3)55)35(43)63)47-26(60)13-44-38(66)29(18(4)56)50-41(69)31(20(6)70-42-32(45-21(7)58)34(62)33(61)25(15-54)71-42)51-40(68)30(19(5)57)49-37(65)24-11-10-12-52(24)22(8)59/h16-20,23-25,27-34,42,53-57,61-62H,9-15H2,1-8H3,(H2,43,63)(H,44,66)(H,45,58)(H,46,67)(H,47,60)(H,48,64)(H,49,65)(H,50,69)(H,51,68)/t16-,17+,18+,19+,20+,23-,24-,25+,27-,28-,29-,30-,31-,32+,33-,34+,42-/m0/s1. The van der Waals surface area contributed by atoms with Crippen LogP contribution in [0.2, 0.25) is 0 Å². The number of hydrogen-bond acceptors (Lipinski definition) is 19. The molecule has 2 heterocycles. The van der Waals surface area contributed by atoms with Crippen molar-refractivity contribution in [3.63, 3.8) is 0 Å². The number of hydrogen-bond donors (Lipinski definition) is 16. The largest absolute Gasteiger partial charge is 0.394 e. The Kier molecular flexibility index (Phi) is 24.6. The van der Waals surface area contributed by atoms with E-state index >= 15 is 0 Å². The molecule has 17 atom stereocenters. The SMILES string of the molecule is CC[C@H](C)[C@H](NC(=O)CNC(=O)[C@@H](NC(=O)[C@@H](NC(=O)[C@@H](NC(=O)[C@@H]1CCCN1C(C)=O)[C@@H](C)O)[C@@H](C)O[C@H]1O[C@H](CO)[C@H](O)[C@H](O)[C@H]1NC(C)=O)[C@@H](C)O)C(=O)N[C@@H](CO)C(=O)N[C@H](C(N)=O)[C@@H](C)O. The van der Waals surface area contributed by atoms with E-state index in [-0.39, 0.29) is 19.4 Å². The summed E-state index contributed by atoms with van der Waals surface area (Å²) in [6.45, 7) is 7.60. The molecule has 29 nitrogen and oxygen atoms in total. The van der Waals surface area contributed by atoms with E-state index in [1.165, 1.54) is 25.7 Å². The summed E-state index contributed by atoms with van der Waals surface area (Å²) in [5.41, 5.74) is 5.20. The number of nitrogens with one attached hydrogen (secondary N) is 8. The van der Waals surface area contributed by atoms with E-state index in [1.54, 1.807) is 13.8 Å². The van der Waals surface area contributed by atoms with Crippen molar-refractivity contribution in [1.29, 1.82) is 0 Å². The van der Waals surface area contributed by atoms with Crippen molar-refractivity contribution in [3.8, 4) is 0 Å². The van der Waals surface area contributed by atoms with Gasteiger partial charge >= 0.3 is 0 Å². The molecule has 71 heavy (non-hydrogen) atoms. The summed E-state index contributed by atoms with van der Waals surface area (Å²) >= 11 is 0. The average Bonchev–Trinajstić information content (AvgIpc) is 3.80. The molecule has 404 valence electrons. The van der Waals surface area contributed by atoms with Gasteiger partial charge in [-0.1, -0.05) is 20.3 Å². The van der Waals surface area contributed by atoms with Crippen LogP contribution in [0.3, 0.4) is 0 Å². The molecule has 29 heteroatoms. The van der Waals surface area contributed by atoms with Gasteiger partial charge in [-0.05, 0) is 46.5 Å². The van der Waals surface area contributed by atoms with Crippen LogP contribution in [0, 0.1) is 5.92 Å². The number of nitrogens with two attached hydrogens (primary N) is 1. The second-order valence-electron chi connectivity index (χ2n) is 17.6. The van der Waals surface area contributed by atoms with Gasteiger partial charge in [-0.3, -0.25) is 47.9 Å². The maximum absolute atomic E-state index is 14.2. The number of likely N-dealkylation sites (tertiary alicyclic amines) is 1. The maximum Gasteiger partial charge on any atom is 0.246 e. The lowest BCUT2D eigenvalue weighted by Crippen LogP contribution is -2.67. The van der Waals surface area contributed by atoms with Crippen LogP contribution in [0.1, 0.15) is 74.7 Å². The molecule has 17 N–H and O–H groups in total. The van der Waals surface area contributed by atoms with Gasteiger partial charge in [0.2, 0.25) is 59.1 Å². The summed E-state index contributed by atoms with van der Waals surface area (Å²) in [5.74, 6) is -10.5. The van der Waals surface area contributed by atoms with Gasteiger partial charge in [-0.25, -0.2) is 0 Å². The van der Waals surface area contributed by atoms with Crippen molar-refractivity contribution in [2.24, 2.45) is 11.7 Å². The van der Waals surface area contributed by atoms with Gasteiger partial charge < -0.3 is 98.4 Å². The summed E-state index contributed by atoms with van der Waals surface area (Å²) < 4.78 is 11.5. The molecule has 0 aliphatic carbocycles. The molecule has 0 bridgehead atoms. The van der Waals surface area contributed by atoms with E-state index in [9.17, 15) is 83.7 Å². The lowest BCUT2D eigenvalue weighted by molar-refractivity contribution is -0.281. The first kappa shape index (κ1) is 61.5. The zero-order chi connectivity index (χ0) is 54.2. The second kappa shape index (κ2) is 28.4. The first-order valence-corrected chi connectivity index (χ1v) is 23.0. The zero-order valence-corrected chi connectivity index (χ0v) is 40.8. The number of rotatable bonds is 26. The highest BCUT2D eigenvalue weighted by Gasteiger charge is 2.48. The third-order valence-corrected chi connectivity index (χ3v) is 11.9. The lowest BCUT2D eigenvalue weighted by Gasteiger charge is -2.43. The summed E-state index contributed by atoms with van der Waals surface area (Å²) in [5, 5.41) is 90.5. The number of nitrogens with zero attached hydrogens (tertiary/aromatic N) is 1. The van der Waals surface area contributed by atoms with Gasteiger partial charge in [0.05, 0.1) is 44.2 Å². The Labute approximate surface area is 409 Å². The number of amides is 10. The van der Waals surface area contributed by atoms with Crippen molar-refractivity contribution < 1.29 is 93.2 Å². The molecule has 2 rings (SSSR count). The van der Waals surface area contributed by atoms with Crippen LogP contribution in [0.15, 0.2) is 0 Å². The van der Waals surface area contributed by atoms with Crippen LogP contribution in [0.25, 0.3) is 0 Å². The molecule has 0 saturated carbocycles.